The van der Waals surface area contributed by atoms with Gasteiger partial charge in [0.25, 0.3) is 0 Å². The molecule has 0 aromatic carbocycles. The van der Waals surface area contributed by atoms with Gasteiger partial charge in [0.05, 0.1) is 11.0 Å². The van der Waals surface area contributed by atoms with Crippen LogP contribution in [0.1, 0.15) is 33.1 Å². The molecule has 16 heavy (non-hydrogen) atoms. The molecule has 5 heteroatoms. The predicted octanol–water partition coefficient (Wildman–Crippen LogP) is 2.06. The fourth-order valence-electron chi connectivity index (χ4n) is 1.82. The fraction of sp³-hybridized carbons (Fsp3) is 1.00. The Morgan fingerprint density at radius 1 is 1.31 bits per heavy atom. The van der Waals surface area contributed by atoms with Crippen molar-refractivity contribution in [2.24, 2.45) is 0 Å². The predicted molar refractivity (Wildman–Crippen MR) is 71.9 cm³/mol. The van der Waals surface area contributed by atoms with Crippen molar-refractivity contribution >= 4 is 25.8 Å². The summed E-state index contributed by atoms with van der Waals surface area (Å²) in [5, 5.41) is 0.672. The van der Waals surface area contributed by atoms with Gasteiger partial charge in [-0.1, -0.05) is 22.4 Å². The monoisotopic (exact) mass is 311 g/mol. The van der Waals surface area contributed by atoms with Crippen molar-refractivity contribution < 1.29 is 8.42 Å². The number of nitrogens with zero attached hydrogens (tertiary/aromatic N) is 1. The summed E-state index contributed by atoms with van der Waals surface area (Å²) in [7, 11) is -2.89. The van der Waals surface area contributed by atoms with E-state index in [2.05, 4.69) is 20.8 Å². The zero-order valence-electron chi connectivity index (χ0n) is 10.2. The highest BCUT2D eigenvalue weighted by molar-refractivity contribution is 9.09. The minimum absolute atomic E-state index is 0.250. The maximum absolute atomic E-state index is 11.7. The molecule has 0 N–H and O–H groups in total. The second kappa shape index (κ2) is 6.36. The molecular weight excluding hydrogens is 290 g/mol. The molecule has 1 aliphatic carbocycles. The SMILES string of the molecule is CC(C)S(=O)(=O)CCN(CCBr)C1CCC1. The summed E-state index contributed by atoms with van der Waals surface area (Å²) in [5.74, 6) is 0.300. The van der Waals surface area contributed by atoms with Gasteiger partial charge in [-0.25, -0.2) is 8.42 Å². The van der Waals surface area contributed by atoms with Crippen molar-refractivity contribution in [2.75, 3.05) is 24.2 Å². The van der Waals surface area contributed by atoms with E-state index in [1.54, 1.807) is 13.8 Å². The van der Waals surface area contributed by atoms with Gasteiger partial charge < -0.3 is 0 Å². The zero-order chi connectivity index (χ0) is 12.2. The quantitative estimate of drug-likeness (QED) is 0.675. The average Bonchev–Trinajstić information content (AvgIpc) is 2.11. The summed E-state index contributed by atoms with van der Waals surface area (Å²) in [4.78, 5) is 2.32. The molecule has 1 rings (SSSR count). The van der Waals surface area contributed by atoms with E-state index < -0.39 is 9.84 Å². The van der Waals surface area contributed by atoms with Crippen LogP contribution in [0, 0.1) is 0 Å². The molecule has 0 aliphatic heterocycles. The van der Waals surface area contributed by atoms with Gasteiger partial charge in [0.1, 0.15) is 0 Å². The van der Waals surface area contributed by atoms with Gasteiger partial charge >= 0.3 is 0 Å². The molecule has 3 nitrogen and oxygen atoms in total. The third-order valence-corrected chi connectivity index (χ3v) is 5.89. The van der Waals surface area contributed by atoms with Gasteiger partial charge in [-0.15, -0.1) is 0 Å². The summed E-state index contributed by atoms with van der Waals surface area (Å²) in [6.45, 7) is 5.16. The Morgan fingerprint density at radius 3 is 2.31 bits per heavy atom. The number of hydrogen-bond donors (Lipinski definition) is 0. The molecule has 0 aromatic heterocycles. The summed E-state index contributed by atoms with van der Waals surface area (Å²) >= 11 is 3.43. The molecule has 1 aliphatic rings. The molecule has 0 unspecified atom stereocenters. The van der Waals surface area contributed by atoms with Crippen LogP contribution in [0.3, 0.4) is 0 Å². The molecule has 0 radical (unpaired) electrons. The summed E-state index contributed by atoms with van der Waals surface area (Å²) in [6.07, 6.45) is 3.75. The number of alkyl halides is 1. The van der Waals surface area contributed by atoms with E-state index in [0.29, 0.717) is 18.3 Å². The first-order chi connectivity index (χ1) is 7.47. The number of sulfone groups is 1. The van der Waals surface area contributed by atoms with Crippen LogP contribution in [0.4, 0.5) is 0 Å². The Balaban J connectivity index is 2.43. The van der Waals surface area contributed by atoms with Crippen LogP contribution in [0.25, 0.3) is 0 Å². The lowest BCUT2D eigenvalue weighted by Gasteiger charge is -2.37. The van der Waals surface area contributed by atoms with Crippen LogP contribution in [-0.4, -0.2) is 48.8 Å². The molecule has 0 aromatic rings. The molecule has 0 heterocycles. The Kier molecular flexibility index (Phi) is 5.74. The van der Waals surface area contributed by atoms with E-state index in [1.165, 1.54) is 19.3 Å². The highest BCUT2D eigenvalue weighted by Gasteiger charge is 2.26. The molecule has 0 spiro atoms. The average molecular weight is 312 g/mol. The maximum atomic E-state index is 11.7. The van der Waals surface area contributed by atoms with Crippen molar-refractivity contribution in [1.82, 2.24) is 4.90 Å². The summed E-state index contributed by atoms with van der Waals surface area (Å²) in [5.41, 5.74) is 0. The topological polar surface area (TPSA) is 37.4 Å². The van der Waals surface area contributed by atoms with E-state index in [0.717, 1.165) is 11.9 Å². The van der Waals surface area contributed by atoms with Crippen LogP contribution < -0.4 is 0 Å². The molecule has 1 fully saturated rings. The molecule has 0 saturated heterocycles. The van der Waals surface area contributed by atoms with E-state index >= 15 is 0 Å². The molecule has 0 amide bonds. The first-order valence-electron chi connectivity index (χ1n) is 5.99. The zero-order valence-corrected chi connectivity index (χ0v) is 12.6. The third kappa shape index (κ3) is 4.00. The molecule has 0 bridgehead atoms. The maximum Gasteiger partial charge on any atom is 0.153 e. The second-order valence-electron chi connectivity index (χ2n) is 4.73. The Morgan fingerprint density at radius 2 is 1.94 bits per heavy atom. The lowest BCUT2D eigenvalue weighted by atomic mass is 9.91. The molecule has 0 atom stereocenters. The van der Waals surface area contributed by atoms with Gasteiger partial charge in [-0.2, -0.15) is 0 Å². The normalized spacial score (nSPS) is 18.1. The van der Waals surface area contributed by atoms with Crippen LogP contribution in [0.5, 0.6) is 0 Å². The number of hydrogen-bond acceptors (Lipinski definition) is 3. The summed E-state index contributed by atoms with van der Waals surface area (Å²) in [6, 6.07) is 0.625. The minimum atomic E-state index is -2.89. The van der Waals surface area contributed by atoms with E-state index in [-0.39, 0.29) is 5.25 Å². The third-order valence-electron chi connectivity index (χ3n) is 3.34. The van der Waals surface area contributed by atoms with Gasteiger partial charge in [-0.3, -0.25) is 4.90 Å². The van der Waals surface area contributed by atoms with E-state index in [4.69, 9.17) is 0 Å². The fourth-order valence-corrected chi connectivity index (χ4v) is 3.23. The first-order valence-corrected chi connectivity index (χ1v) is 8.82. The Hall–Kier alpha value is 0.390. The van der Waals surface area contributed by atoms with Crippen molar-refractivity contribution in [3.63, 3.8) is 0 Å². The lowest BCUT2D eigenvalue weighted by Crippen LogP contribution is -2.44. The van der Waals surface area contributed by atoms with Crippen molar-refractivity contribution in [3.8, 4) is 0 Å². The minimum Gasteiger partial charge on any atom is -0.299 e. The number of rotatable bonds is 7. The standard InChI is InChI=1S/C11H22BrNO2S/c1-10(2)16(14,15)9-8-13(7-6-12)11-4-3-5-11/h10-11H,3-9H2,1-2H3. The summed E-state index contributed by atoms with van der Waals surface area (Å²) < 4.78 is 23.5. The second-order valence-corrected chi connectivity index (χ2v) is 8.20. The molecular formula is C11H22BrNO2S. The van der Waals surface area contributed by atoms with Crippen molar-refractivity contribution in [2.45, 2.75) is 44.4 Å². The van der Waals surface area contributed by atoms with Gasteiger partial charge in [0.15, 0.2) is 9.84 Å². The van der Waals surface area contributed by atoms with Crippen molar-refractivity contribution in [1.29, 1.82) is 0 Å². The van der Waals surface area contributed by atoms with Gasteiger partial charge in [0.2, 0.25) is 0 Å². The van der Waals surface area contributed by atoms with E-state index in [1.807, 2.05) is 0 Å². The first kappa shape index (κ1) is 14.5. The molecule has 1 saturated carbocycles. The van der Waals surface area contributed by atoms with Crippen LogP contribution in [-0.2, 0) is 9.84 Å². The van der Waals surface area contributed by atoms with Gasteiger partial charge in [-0.05, 0) is 26.7 Å². The smallest absolute Gasteiger partial charge is 0.153 e. The lowest BCUT2D eigenvalue weighted by molar-refractivity contribution is 0.144. The Labute approximate surface area is 108 Å². The van der Waals surface area contributed by atoms with Crippen LogP contribution in [0.2, 0.25) is 0 Å². The van der Waals surface area contributed by atoms with E-state index in [9.17, 15) is 8.42 Å². The van der Waals surface area contributed by atoms with Crippen LogP contribution in [0.15, 0.2) is 0 Å². The Bertz CT molecular complexity index is 299. The number of halogens is 1. The highest BCUT2D eigenvalue weighted by atomic mass is 79.9. The van der Waals surface area contributed by atoms with Crippen molar-refractivity contribution in [3.05, 3.63) is 0 Å². The highest BCUT2D eigenvalue weighted by Crippen LogP contribution is 2.24. The van der Waals surface area contributed by atoms with Gasteiger partial charge in [0, 0.05) is 24.5 Å². The largest absolute Gasteiger partial charge is 0.299 e. The molecule has 96 valence electrons. The van der Waals surface area contributed by atoms with Crippen LogP contribution >= 0.6 is 15.9 Å².